The van der Waals surface area contributed by atoms with Gasteiger partial charge in [0.05, 0.1) is 0 Å². The molecular formula is C5H6ClN7. The lowest BCUT2D eigenvalue weighted by atomic mass is 10.8. The molecule has 8 heteroatoms. The van der Waals surface area contributed by atoms with Crippen LogP contribution in [-0.2, 0) is 0 Å². The molecule has 0 spiro atoms. The van der Waals surface area contributed by atoms with E-state index in [4.69, 9.17) is 17.1 Å². The average molecular weight is 200 g/mol. The second kappa shape index (κ2) is 3.88. The van der Waals surface area contributed by atoms with Crippen LogP contribution in [0, 0.1) is 0 Å². The summed E-state index contributed by atoms with van der Waals surface area (Å²) in [5.41, 5.74) is 8.14. The molecule has 7 nitrogen and oxygen atoms in total. The second-order valence-corrected chi connectivity index (χ2v) is 2.63. The van der Waals surface area contributed by atoms with Gasteiger partial charge in [0.15, 0.2) is 0 Å². The van der Waals surface area contributed by atoms with Crippen molar-refractivity contribution in [2.45, 2.75) is 0 Å². The summed E-state index contributed by atoms with van der Waals surface area (Å²) in [6, 6.07) is 0. The van der Waals surface area contributed by atoms with Crippen LogP contribution in [0.15, 0.2) is 5.11 Å². The fourth-order valence-electron chi connectivity index (χ4n) is 0.614. The molecule has 0 N–H and O–H groups in total. The summed E-state index contributed by atoms with van der Waals surface area (Å²) >= 11 is 5.56. The Bertz CT molecular complexity index is 356. The predicted octanol–water partition coefficient (Wildman–Crippen LogP) is 1.53. The van der Waals surface area contributed by atoms with Gasteiger partial charge < -0.3 is 4.90 Å². The van der Waals surface area contributed by atoms with Crippen LogP contribution in [0.1, 0.15) is 0 Å². The Morgan fingerprint density at radius 2 is 2.08 bits per heavy atom. The first-order chi connectivity index (χ1) is 6.13. The molecule has 1 aromatic rings. The van der Waals surface area contributed by atoms with Crippen molar-refractivity contribution in [3.63, 3.8) is 0 Å². The first kappa shape index (κ1) is 9.50. The lowest BCUT2D eigenvalue weighted by Crippen LogP contribution is -2.13. The lowest BCUT2D eigenvalue weighted by molar-refractivity contribution is 0.951. The summed E-state index contributed by atoms with van der Waals surface area (Å²) in [7, 11) is 3.48. The van der Waals surface area contributed by atoms with Crippen LogP contribution in [0.4, 0.5) is 11.9 Å². The zero-order valence-electron chi connectivity index (χ0n) is 7.01. The third kappa shape index (κ3) is 2.43. The topological polar surface area (TPSA) is 90.7 Å². The van der Waals surface area contributed by atoms with Gasteiger partial charge in [0.1, 0.15) is 0 Å². The highest BCUT2D eigenvalue weighted by molar-refractivity contribution is 6.28. The largest absolute Gasteiger partial charge is 0.347 e. The standard InChI is InChI=1S/C5H6ClN7/c1-13(2)5-9-3(6)8-4(10-5)11-12-7/h1-2H3. The molecule has 13 heavy (non-hydrogen) atoms. The van der Waals surface area contributed by atoms with Crippen LogP contribution in [0.3, 0.4) is 0 Å². The SMILES string of the molecule is CN(C)c1nc(Cl)nc(N=[N+]=[N-])n1. The van der Waals surface area contributed by atoms with E-state index in [1.54, 1.807) is 19.0 Å². The monoisotopic (exact) mass is 199 g/mol. The third-order valence-electron chi connectivity index (χ3n) is 1.12. The Balaban J connectivity index is 3.18. The first-order valence-electron chi connectivity index (χ1n) is 3.27. The van der Waals surface area contributed by atoms with Gasteiger partial charge in [-0.2, -0.15) is 15.0 Å². The number of hydrogen-bond acceptors (Lipinski definition) is 5. The molecular weight excluding hydrogens is 194 g/mol. The number of aromatic nitrogens is 3. The van der Waals surface area contributed by atoms with Gasteiger partial charge in [0.25, 0.3) is 0 Å². The van der Waals surface area contributed by atoms with Crippen LogP contribution in [-0.4, -0.2) is 29.0 Å². The Morgan fingerprint density at radius 1 is 1.38 bits per heavy atom. The zero-order chi connectivity index (χ0) is 9.84. The minimum absolute atomic E-state index is 0.00102. The minimum Gasteiger partial charge on any atom is -0.347 e. The number of anilines is 1. The van der Waals surface area contributed by atoms with Crippen molar-refractivity contribution in [2.75, 3.05) is 19.0 Å². The second-order valence-electron chi connectivity index (χ2n) is 2.29. The molecule has 0 amide bonds. The number of hydrogen-bond donors (Lipinski definition) is 0. The predicted molar refractivity (Wildman–Crippen MR) is 48.0 cm³/mol. The van der Waals surface area contributed by atoms with Crippen molar-refractivity contribution >= 4 is 23.5 Å². The summed E-state index contributed by atoms with van der Waals surface area (Å²) in [5.74, 6) is 0.314. The molecule has 68 valence electrons. The van der Waals surface area contributed by atoms with Crippen LogP contribution >= 0.6 is 11.6 Å². The molecule has 0 atom stereocenters. The van der Waals surface area contributed by atoms with E-state index < -0.39 is 0 Å². The highest BCUT2D eigenvalue weighted by atomic mass is 35.5. The number of rotatable bonds is 2. The van der Waals surface area contributed by atoms with Gasteiger partial charge in [-0.25, -0.2) is 0 Å². The van der Waals surface area contributed by atoms with E-state index in [2.05, 4.69) is 25.0 Å². The molecule has 0 aromatic carbocycles. The molecule has 0 radical (unpaired) electrons. The molecule has 1 rings (SSSR count). The summed E-state index contributed by atoms with van der Waals surface area (Å²) in [6.07, 6.45) is 0. The highest BCUT2D eigenvalue weighted by Crippen LogP contribution is 2.13. The van der Waals surface area contributed by atoms with E-state index in [0.717, 1.165) is 0 Å². The van der Waals surface area contributed by atoms with Crippen LogP contribution in [0.25, 0.3) is 10.4 Å². The van der Waals surface area contributed by atoms with Gasteiger partial charge in [-0.3, -0.25) is 0 Å². The first-order valence-corrected chi connectivity index (χ1v) is 3.65. The lowest BCUT2D eigenvalue weighted by Gasteiger charge is -2.08. The zero-order valence-corrected chi connectivity index (χ0v) is 7.76. The van der Waals surface area contributed by atoms with Crippen LogP contribution < -0.4 is 4.90 Å². The maximum Gasteiger partial charge on any atom is 0.229 e. The van der Waals surface area contributed by atoms with Gasteiger partial charge in [0.2, 0.25) is 17.2 Å². The maximum absolute atomic E-state index is 8.14. The van der Waals surface area contributed by atoms with E-state index in [9.17, 15) is 0 Å². The number of halogens is 1. The molecule has 0 saturated heterocycles. The fourth-order valence-corrected chi connectivity index (χ4v) is 0.765. The number of nitrogens with zero attached hydrogens (tertiary/aromatic N) is 7. The smallest absolute Gasteiger partial charge is 0.229 e. The van der Waals surface area contributed by atoms with Crippen molar-refractivity contribution in [3.8, 4) is 0 Å². The Labute approximate surface area is 79.0 Å². The summed E-state index contributed by atoms with van der Waals surface area (Å²) in [5, 5.41) is 3.22. The van der Waals surface area contributed by atoms with E-state index >= 15 is 0 Å². The molecule has 1 heterocycles. The molecule has 0 aliphatic heterocycles. The van der Waals surface area contributed by atoms with Crippen LogP contribution in [0.5, 0.6) is 0 Å². The van der Waals surface area contributed by atoms with Gasteiger partial charge in [-0.1, -0.05) is 0 Å². The molecule has 0 fully saturated rings. The van der Waals surface area contributed by atoms with E-state index in [1.807, 2.05) is 0 Å². The van der Waals surface area contributed by atoms with Crippen molar-refractivity contribution in [3.05, 3.63) is 15.7 Å². The minimum atomic E-state index is -0.0359. The van der Waals surface area contributed by atoms with Gasteiger partial charge >= 0.3 is 0 Å². The third-order valence-corrected chi connectivity index (χ3v) is 1.29. The Morgan fingerprint density at radius 3 is 2.62 bits per heavy atom. The van der Waals surface area contributed by atoms with Gasteiger partial charge in [-0.15, -0.1) is 0 Å². The summed E-state index contributed by atoms with van der Waals surface area (Å²) in [4.78, 5) is 15.4. The maximum atomic E-state index is 8.14. The molecule has 0 saturated carbocycles. The summed E-state index contributed by atoms with van der Waals surface area (Å²) < 4.78 is 0. The molecule has 0 aliphatic rings. The average Bonchev–Trinajstić information content (AvgIpc) is 2.03. The Hall–Kier alpha value is -1.59. The molecule has 1 aromatic heterocycles. The van der Waals surface area contributed by atoms with Crippen LogP contribution in [0.2, 0.25) is 5.28 Å². The fraction of sp³-hybridized carbons (Fsp3) is 0.400. The number of azide groups is 1. The van der Waals surface area contributed by atoms with Crippen molar-refractivity contribution in [1.29, 1.82) is 0 Å². The van der Waals surface area contributed by atoms with E-state index in [1.165, 1.54) is 0 Å². The van der Waals surface area contributed by atoms with Crippen molar-refractivity contribution < 1.29 is 0 Å². The van der Waals surface area contributed by atoms with E-state index in [0.29, 0.717) is 5.95 Å². The molecule has 0 aliphatic carbocycles. The quantitative estimate of drug-likeness (QED) is 0.410. The Kier molecular flexibility index (Phi) is 2.84. The van der Waals surface area contributed by atoms with Gasteiger partial charge in [-0.05, 0) is 22.2 Å². The van der Waals surface area contributed by atoms with Gasteiger partial charge in [0, 0.05) is 19.0 Å². The van der Waals surface area contributed by atoms with E-state index in [-0.39, 0.29) is 11.2 Å². The normalized spacial score (nSPS) is 9.15. The van der Waals surface area contributed by atoms with Crippen molar-refractivity contribution in [1.82, 2.24) is 15.0 Å². The molecule has 0 bridgehead atoms. The van der Waals surface area contributed by atoms with Crippen molar-refractivity contribution in [2.24, 2.45) is 5.11 Å². The highest BCUT2D eigenvalue weighted by Gasteiger charge is 2.04. The molecule has 0 unspecified atom stereocenters. The summed E-state index contributed by atoms with van der Waals surface area (Å²) in [6.45, 7) is 0.